The third-order valence-electron chi connectivity index (χ3n) is 5.53. The maximum atomic E-state index is 5.34. The molecule has 3 aromatic carbocycles. The standard InChI is InChI=1S/C26H27N/c1-3-4-15-24-22-17-16-19(2)18-23(22)25(20-11-7-5-8-12-20)26(27-24)21-13-9-6-10-14-21/h5-14,16-18,25-26H,3-4,15H2,1-2H3. The number of aliphatic imine (C=N–C) groups is 1. The van der Waals surface area contributed by atoms with Crippen LogP contribution in [0, 0.1) is 6.92 Å². The highest BCUT2D eigenvalue weighted by Crippen LogP contribution is 2.45. The molecule has 0 radical (unpaired) electrons. The summed E-state index contributed by atoms with van der Waals surface area (Å²) in [6, 6.07) is 28.7. The molecule has 2 atom stereocenters. The average Bonchev–Trinajstić information content (AvgIpc) is 2.72. The lowest BCUT2D eigenvalue weighted by Crippen LogP contribution is -2.22. The minimum Gasteiger partial charge on any atom is -0.280 e. The van der Waals surface area contributed by atoms with Gasteiger partial charge in [0.25, 0.3) is 0 Å². The van der Waals surface area contributed by atoms with E-state index in [4.69, 9.17) is 4.99 Å². The summed E-state index contributed by atoms with van der Waals surface area (Å²) in [5, 5.41) is 0. The van der Waals surface area contributed by atoms with Crippen LogP contribution in [0.2, 0.25) is 0 Å². The third-order valence-corrected chi connectivity index (χ3v) is 5.53. The Morgan fingerprint density at radius 1 is 0.815 bits per heavy atom. The van der Waals surface area contributed by atoms with E-state index in [0.717, 1.165) is 6.42 Å². The van der Waals surface area contributed by atoms with Crippen LogP contribution >= 0.6 is 0 Å². The zero-order valence-corrected chi connectivity index (χ0v) is 16.2. The average molecular weight is 354 g/mol. The zero-order valence-electron chi connectivity index (χ0n) is 16.2. The molecule has 0 bridgehead atoms. The Balaban J connectivity index is 1.91. The van der Waals surface area contributed by atoms with Crippen LogP contribution in [0.5, 0.6) is 0 Å². The van der Waals surface area contributed by atoms with Crippen molar-refractivity contribution >= 4 is 5.71 Å². The van der Waals surface area contributed by atoms with Crippen molar-refractivity contribution in [2.45, 2.75) is 45.1 Å². The van der Waals surface area contributed by atoms with E-state index in [0.29, 0.717) is 0 Å². The van der Waals surface area contributed by atoms with Gasteiger partial charge in [-0.3, -0.25) is 4.99 Å². The van der Waals surface area contributed by atoms with Gasteiger partial charge in [0.2, 0.25) is 0 Å². The maximum absolute atomic E-state index is 5.34. The first-order valence-electron chi connectivity index (χ1n) is 10.1. The fraction of sp³-hybridized carbons (Fsp3) is 0.269. The van der Waals surface area contributed by atoms with E-state index in [9.17, 15) is 0 Å². The molecule has 0 spiro atoms. The van der Waals surface area contributed by atoms with Crippen molar-refractivity contribution in [3.63, 3.8) is 0 Å². The van der Waals surface area contributed by atoms with E-state index in [2.05, 4.69) is 92.7 Å². The molecule has 1 heterocycles. The lowest BCUT2D eigenvalue weighted by atomic mass is 9.76. The second-order valence-electron chi connectivity index (χ2n) is 7.51. The van der Waals surface area contributed by atoms with Crippen LogP contribution in [0.3, 0.4) is 0 Å². The second kappa shape index (κ2) is 7.92. The molecule has 27 heavy (non-hydrogen) atoms. The molecule has 1 aliphatic heterocycles. The third kappa shape index (κ3) is 3.60. The number of rotatable bonds is 5. The molecule has 136 valence electrons. The Bertz CT molecular complexity index is 925. The van der Waals surface area contributed by atoms with Crippen LogP contribution < -0.4 is 0 Å². The lowest BCUT2D eigenvalue weighted by Gasteiger charge is -2.33. The van der Waals surface area contributed by atoms with Gasteiger partial charge in [-0.05, 0) is 42.0 Å². The number of benzene rings is 3. The fourth-order valence-electron chi connectivity index (χ4n) is 4.17. The summed E-state index contributed by atoms with van der Waals surface area (Å²) in [5.41, 5.74) is 8.00. The van der Waals surface area contributed by atoms with Gasteiger partial charge < -0.3 is 0 Å². The molecule has 1 nitrogen and oxygen atoms in total. The van der Waals surface area contributed by atoms with Gasteiger partial charge in [0.05, 0.1) is 6.04 Å². The molecule has 0 amide bonds. The molecular weight excluding hydrogens is 326 g/mol. The van der Waals surface area contributed by atoms with Gasteiger partial charge in [0.1, 0.15) is 0 Å². The molecular formula is C26H27N. The first-order chi connectivity index (χ1) is 13.3. The fourth-order valence-corrected chi connectivity index (χ4v) is 4.17. The minimum absolute atomic E-state index is 0.134. The van der Waals surface area contributed by atoms with E-state index in [1.54, 1.807) is 0 Å². The zero-order chi connectivity index (χ0) is 18.6. The molecule has 4 rings (SSSR count). The SMILES string of the molecule is CCCCC1=NC(c2ccccc2)C(c2ccccc2)c2cc(C)ccc21. The van der Waals surface area contributed by atoms with Crippen molar-refractivity contribution < 1.29 is 0 Å². The van der Waals surface area contributed by atoms with Crippen LogP contribution in [-0.2, 0) is 0 Å². The molecule has 0 aromatic heterocycles. The number of hydrogen-bond acceptors (Lipinski definition) is 1. The summed E-state index contributed by atoms with van der Waals surface area (Å²) >= 11 is 0. The summed E-state index contributed by atoms with van der Waals surface area (Å²) in [6.07, 6.45) is 3.43. The smallest absolute Gasteiger partial charge is 0.0861 e. The Morgan fingerprint density at radius 3 is 2.15 bits per heavy atom. The van der Waals surface area contributed by atoms with E-state index >= 15 is 0 Å². The largest absolute Gasteiger partial charge is 0.280 e. The summed E-state index contributed by atoms with van der Waals surface area (Å²) in [4.78, 5) is 5.34. The molecule has 0 aliphatic carbocycles. The number of nitrogens with zero attached hydrogens (tertiary/aromatic N) is 1. The van der Waals surface area contributed by atoms with Gasteiger partial charge in [0.15, 0.2) is 0 Å². The molecule has 1 aliphatic rings. The van der Waals surface area contributed by atoms with Gasteiger partial charge in [-0.15, -0.1) is 0 Å². The quantitative estimate of drug-likeness (QED) is 0.475. The molecule has 0 fully saturated rings. The molecule has 3 aromatic rings. The van der Waals surface area contributed by atoms with Crippen molar-refractivity contribution in [3.8, 4) is 0 Å². The van der Waals surface area contributed by atoms with Crippen molar-refractivity contribution in [1.29, 1.82) is 0 Å². The topological polar surface area (TPSA) is 12.4 Å². The molecule has 0 saturated carbocycles. The van der Waals surface area contributed by atoms with Gasteiger partial charge in [-0.25, -0.2) is 0 Å². The normalized spacial score (nSPS) is 18.7. The van der Waals surface area contributed by atoms with Crippen molar-refractivity contribution in [2.75, 3.05) is 0 Å². The van der Waals surface area contributed by atoms with Gasteiger partial charge >= 0.3 is 0 Å². The monoisotopic (exact) mass is 353 g/mol. The molecule has 1 heteroatoms. The summed E-state index contributed by atoms with van der Waals surface area (Å²) < 4.78 is 0. The van der Waals surface area contributed by atoms with Gasteiger partial charge in [-0.2, -0.15) is 0 Å². The maximum Gasteiger partial charge on any atom is 0.0861 e. The summed E-state index contributed by atoms with van der Waals surface area (Å²) in [5.74, 6) is 0.258. The van der Waals surface area contributed by atoms with Crippen molar-refractivity contribution in [1.82, 2.24) is 0 Å². The van der Waals surface area contributed by atoms with Gasteiger partial charge in [-0.1, -0.05) is 97.8 Å². The Kier molecular flexibility index (Phi) is 5.20. The Hall–Kier alpha value is -2.67. The van der Waals surface area contributed by atoms with Crippen LogP contribution in [-0.4, -0.2) is 5.71 Å². The predicted molar refractivity (Wildman–Crippen MR) is 115 cm³/mol. The van der Waals surface area contributed by atoms with E-state index in [1.165, 1.54) is 46.4 Å². The summed E-state index contributed by atoms with van der Waals surface area (Å²) in [7, 11) is 0. The van der Waals surface area contributed by atoms with E-state index in [1.807, 2.05) is 0 Å². The Morgan fingerprint density at radius 2 is 1.48 bits per heavy atom. The van der Waals surface area contributed by atoms with Crippen molar-refractivity contribution in [2.24, 2.45) is 4.99 Å². The van der Waals surface area contributed by atoms with Crippen LogP contribution in [0.4, 0.5) is 0 Å². The number of aryl methyl sites for hydroxylation is 1. The minimum atomic E-state index is 0.134. The molecule has 2 unspecified atom stereocenters. The van der Waals surface area contributed by atoms with E-state index < -0.39 is 0 Å². The second-order valence-corrected chi connectivity index (χ2v) is 7.51. The highest BCUT2D eigenvalue weighted by Gasteiger charge is 2.33. The summed E-state index contributed by atoms with van der Waals surface area (Å²) in [6.45, 7) is 4.44. The van der Waals surface area contributed by atoms with Crippen LogP contribution in [0.25, 0.3) is 0 Å². The van der Waals surface area contributed by atoms with Crippen LogP contribution in [0.15, 0.2) is 83.9 Å². The number of unbranched alkanes of at least 4 members (excludes halogenated alkanes) is 1. The van der Waals surface area contributed by atoms with Gasteiger partial charge in [0, 0.05) is 11.6 Å². The molecule has 0 N–H and O–H groups in total. The highest BCUT2D eigenvalue weighted by atomic mass is 14.8. The van der Waals surface area contributed by atoms with Crippen LogP contribution in [0.1, 0.15) is 66.0 Å². The first-order valence-corrected chi connectivity index (χ1v) is 10.1. The molecule has 0 saturated heterocycles. The lowest BCUT2D eigenvalue weighted by molar-refractivity contribution is 0.615. The number of hydrogen-bond donors (Lipinski definition) is 0. The highest BCUT2D eigenvalue weighted by molar-refractivity contribution is 6.03. The van der Waals surface area contributed by atoms with Crippen molar-refractivity contribution in [3.05, 3.63) is 107 Å². The predicted octanol–water partition coefficient (Wildman–Crippen LogP) is 6.86. The number of fused-ring (bicyclic) bond motifs is 1. The van der Waals surface area contributed by atoms with E-state index in [-0.39, 0.29) is 12.0 Å². The Labute approximate surface area is 162 Å². The first kappa shape index (κ1) is 17.7.